The van der Waals surface area contributed by atoms with Crippen LogP contribution < -0.4 is 5.32 Å². The standard InChI is InChI=1S/C10H20ClN/c1-2-9(7-8-11)12-10-5-3-4-6-10/h9-10,12H,2-8H2,1H3. The lowest BCUT2D eigenvalue weighted by atomic mass is 10.1. The Hall–Kier alpha value is 0.250. The Morgan fingerprint density at radius 3 is 2.58 bits per heavy atom. The Kier molecular flexibility index (Phi) is 5.01. The zero-order valence-corrected chi connectivity index (χ0v) is 8.74. The van der Waals surface area contributed by atoms with Crippen molar-refractivity contribution in [2.45, 2.75) is 57.5 Å². The molecule has 1 fully saturated rings. The molecule has 1 aliphatic carbocycles. The van der Waals surface area contributed by atoms with Crippen LogP contribution in [0.3, 0.4) is 0 Å². The second-order valence-electron chi connectivity index (χ2n) is 3.73. The minimum atomic E-state index is 0.658. The molecule has 0 spiro atoms. The molecule has 72 valence electrons. The molecular formula is C10H20ClN. The van der Waals surface area contributed by atoms with Gasteiger partial charge in [0, 0.05) is 18.0 Å². The summed E-state index contributed by atoms with van der Waals surface area (Å²) in [7, 11) is 0. The van der Waals surface area contributed by atoms with Crippen LogP contribution in [0.4, 0.5) is 0 Å². The average Bonchev–Trinajstić information content (AvgIpc) is 2.56. The summed E-state index contributed by atoms with van der Waals surface area (Å²) in [5.41, 5.74) is 0. The van der Waals surface area contributed by atoms with Gasteiger partial charge in [0.2, 0.25) is 0 Å². The van der Waals surface area contributed by atoms with Crippen LogP contribution in [-0.2, 0) is 0 Å². The van der Waals surface area contributed by atoms with Crippen LogP contribution in [0.25, 0.3) is 0 Å². The molecule has 12 heavy (non-hydrogen) atoms. The van der Waals surface area contributed by atoms with Crippen LogP contribution >= 0.6 is 11.6 Å². The SMILES string of the molecule is CCC(CCCl)NC1CCCC1. The van der Waals surface area contributed by atoms with E-state index in [1.807, 2.05) is 0 Å². The van der Waals surface area contributed by atoms with E-state index >= 15 is 0 Å². The molecule has 0 aliphatic heterocycles. The van der Waals surface area contributed by atoms with E-state index in [2.05, 4.69) is 12.2 Å². The Morgan fingerprint density at radius 1 is 1.42 bits per heavy atom. The molecule has 0 radical (unpaired) electrons. The fourth-order valence-electron chi connectivity index (χ4n) is 1.96. The van der Waals surface area contributed by atoms with Crippen LogP contribution in [0.5, 0.6) is 0 Å². The van der Waals surface area contributed by atoms with Crippen molar-refractivity contribution in [3.8, 4) is 0 Å². The molecular weight excluding hydrogens is 170 g/mol. The fraction of sp³-hybridized carbons (Fsp3) is 1.00. The minimum Gasteiger partial charge on any atom is -0.311 e. The topological polar surface area (TPSA) is 12.0 Å². The van der Waals surface area contributed by atoms with Crippen molar-refractivity contribution in [2.24, 2.45) is 0 Å². The van der Waals surface area contributed by atoms with E-state index in [1.165, 1.54) is 32.1 Å². The Balaban J connectivity index is 2.16. The molecule has 0 aromatic rings. The predicted molar refractivity (Wildman–Crippen MR) is 54.8 cm³/mol. The smallest absolute Gasteiger partial charge is 0.0238 e. The van der Waals surface area contributed by atoms with Gasteiger partial charge < -0.3 is 5.32 Å². The van der Waals surface area contributed by atoms with E-state index < -0.39 is 0 Å². The average molecular weight is 190 g/mol. The lowest BCUT2D eigenvalue weighted by molar-refractivity contribution is 0.412. The lowest BCUT2D eigenvalue weighted by Crippen LogP contribution is -2.36. The minimum absolute atomic E-state index is 0.658. The third kappa shape index (κ3) is 3.32. The third-order valence-electron chi connectivity index (χ3n) is 2.78. The first-order valence-electron chi connectivity index (χ1n) is 5.18. The lowest BCUT2D eigenvalue weighted by Gasteiger charge is -2.20. The molecule has 1 N–H and O–H groups in total. The summed E-state index contributed by atoms with van der Waals surface area (Å²) >= 11 is 5.72. The highest BCUT2D eigenvalue weighted by atomic mass is 35.5. The van der Waals surface area contributed by atoms with Gasteiger partial charge in [-0.1, -0.05) is 19.8 Å². The maximum absolute atomic E-state index is 5.72. The number of hydrogen-bond donors (Lipinski definition) is 1. The quantitative estimate of drug-likeness (QED) is 0.656. The first kappa shape index (κ1) is 10.3. The number of hydrogen-bond acceptors (Lipinski definition) is 1. The summed E-state index contributed by atoms with van der Waals surface area (Å²) in [6.07, 6.45) is 7.90. The van der Waals surface area contributed by atoms with Crippen molar-refractivity contribution < 1.29 is 0 Å². The first-order valence-corrected chi connectivity index (χ1v) is 5.72. The second-order valence-corrected chi connectivity index (χ2v) is 4.11. The summed E-state index contributed by atoms with van der Waals surface area (Å²) in [5, 5.41) is 3.68. The van der Waals surface area contributed by atoms with Gasteiger partial charge in [-0.3, -0.25) is 0 Å². The highest BCUT2D eigenvalue weighted by molar-refractivity contribution is 6.17. The molecule has 1 rings (SSSR count). The number of nitrogens with one attached hydrogen (secondary N) is 1. The molecule has 2 heteroatoms. The molecule has 0 bridgehead atoms. The maximum Gasteiger partial charge on any atom is 0.0238 e. The molecule has 0 amide bonds. The molecule has 1 atom stereocenters. The Bertz CT molecular complexity index is 110. The Labute approximate surface area is 80.9 Å². The first-order chi connectivity index (χ1) is 5.86. The van der Waals surface area contributed by atoms with Gasteiger partial charge >= 0.3 is 0 Å². The van der Waals surface area contributed by atoms with E-state index in [0.717, 1.165) is 18.3 Å². The van der Waals surface area contributed by atoms with Crippen LogP contribution in [0.15, 0.2) is 0 Å². The Morgan fingerprint density at radius 2 is 2.08 bits per heavy atom. The second kappa shape index (κ2) is 5.82. The largest absolute Gasteiger partial charge is 0.311 e. The molecule has 1 saturated carbocycles. The van der Waals surface area contributed by atoms with Gasteiger partial charge in [0.1, 0.15) is 0 Å². The van der Waals surface area contributed by atoms with Crippen LogP contribution in [0, 0.1) is 0 Å². The highest BCUT2D eigenvalue weighted by Crippen LogP contribution is 2.19. The molecule has 0 aromatic heterocycles. The molecule has 1 nitrogen and oxygen atoms in total. The van der Waals surface area contributed by atoms with Crippen molar-refractivity contribution in [2.75, 3.05) is 5.88 Å². The fourth-order valence-corrected chi connectivity index (χ4v) is 2.23. The van der Waals surface area contributed by atoms with Crippen molar-refractivity contribution in [3.05, 3.63) is 0 Å². The zero-order chi connectivity index (χ0) is 8.81. The molecule has 1 aliphatic rings. The molecule has 1 unspecified atom stereocenters. The number of rotatable bonds is 5. The van der Waals surface area contributed by atoms with E-state index in [9.17, 15) is 0 Å². The summed E-state index contributed by atoms with van der Waals surface area (Å²) in [5.74, 6) is 0.790. The van der Waals surface area contributed by atoms with Gasteiger partial charge in [-0.25, -0.2) is 0 Å². The van der Waals surface area contributed by atoms with Crippen molar-refractivity contribution >= 4 is 11.6 Å². The predicted octanol–water partition coefficient (Wildman–Crippen LogP) is 2.93. The highest BCUT2D eigenvalue weighted by Gasteiger charge is 2.17. The van der Waals surface area contributed by atoms with Gasteiger partial charge in [-0.05, 0) is 25.7 Å². The van der Waals surface area contributed by atoms with Crippen molar-refractivity contribution in [1.82, 2.24) is 5.32 Å². The summed E-state index contributed by atoms with van der Waals surface area (Å²) < 4.78 is 0. The van der Waals surface area contributed by atoms with Crippen molar-refractivity contribution in [1.29, 1.82) is 0 Å². The van der Waals surface area contributed by atoms with Crippen LogP contribution in [0.1, 0.15) is 45.4 Å². The summed E-state index contributed by atoms with van der Waals surface area (Å²) in [6, 6.07) is 1.45. The van der Waals surface area contributed by atoms with Gasteiger partial charge in [0.25, 0.3) is 0 Å². The monoisotopic (exact) mass is 189 g/mol. The van der Waals surface area contributed by atoms with Crippen molar-refractivity contribution in [3.63, 3.8) is 0 Å². The van der Waals surface area contributed by atoms with E-state index in [4.69, 9.17) is 11.6 Å². The number of halogens is 1. The van der Waals surface area contributed by atoms with E-state index in [0.29, 0.717) is 6.04 Å². The summed E-state index contributed by atoms with van der Waals surface area (Å²) in [4.78, 5) is 0. The van der Waals surface area contributed by atoms with Gasteiger partial charge in [-0.2, -0.15) is 0 Å². The molecule has 0 aromatic carbocycles. The summed E-state index contributed by atoms with van der Waals surface area (Å²) in [6.45, 7) is 2.24. The van der Waals surface area contributed by atoms with E-state index in [-0.39, 0.29) is 0 Å². The van der Waals surface area contributed by atoms with Crippen LogP contribution in [0.2, 0.25) is 0 Å². The molecule has 0 heterocycles. The maximum atomic E-state index is 5.72. The zero-order valence-electron chi connectivity index (χ0n) is 7.98. The number of alkyl halides is 1. The normalized spacial score (nSPS) is 21.5. The van der Waals surface area contributed by atoms with E-state index in [1.54, 1.807) is 0 Å². The van der Waals surface area contributed by atoms with Gasteiger partial charge in [-0.15, -0.1) is 11.6 Å². The van der Waals surface area contributed by atoms with Gasteiger partial charge in [0.05, 0.1) is 0 Å². The molecule has 0 saturated heterocycles. The van der Waals surface area contributed by atoms with Crippen LogP contribution in [-0.4, -0.2) is 18.0 Å². The third-order valence-corrected chi connectivity index (χ3v) is 3.00. The van der Waals surface area contributed by atoms with Gasteiger partial charge in [0.15, 0.2) is 0 Å².